The van der Waals surface area contributed by atoms with E-state index < -0.39 is 0 Å². The number of carbonyl (C=O) groups excluding carboxylic acids is 1. The van der Waals surface area contributed by atoms with Crippen LogP contribution in [-0.2, 0) is 13.2 Å². The maximum atomic E-state index is 13.0. The van der Waals surface area contributed by atoms with Gasteiger partial charge in [-0.1, -0.05) is 12.1 Å². The van der Waals surface area contributed by atoms with E-state index in [-0.39, 0.29) is 18.2 Å². The first-order valence-electron chi connectivity index (χ1n) is 9.32. The monoisotopic (exact) mass is 394 g/mol. The first kappa shape index (κ1) is 20.3. The molecule has 3 aromatic rings. The SMILES string of the molecule is CCn1ncc(C(=O)/C=C/c2ccc(OC)c(COc3ccc(F)cc3)c2)c1C. The van der Waals surface area contributed by atoms with Crippen molar-refractivity contribution in [3.8, 4) is 11.5 Å². The number of ketones is 1. The number of halogens is 1. The highest BCUT2D eigenvalue weighted by Crippen LogP contribution is 2.23. The van der Waals surface area contributed by atoms with Gasteiger partial charge in [0, 0.05) is 17.8 Å². The van der Waals surface area contributed by atoms with Crippen LogP contribution in [0.2, 0.25) is 0 Å². The summed E-state index contributed by atoms with van der Waals surface area (Å²) in [5, 5.41) is 4.21. The third-order valence-corrected chi connectivity index (χ3v) is 4.61. The van der Waals surface area contributed by atoms with Gasteiger partial charge in [-0.25, -0.2) is 4.39 Å². The van der Waals surface area contributed by atoms with E-state index in [9.17, 15) is 9.18 Å². The molecule has 2 aromatic carbocycles. The van der Waals surface area contributed by atoms with Gasteiger partial charge in [0.2, 0.25) is 0 Å². The number of hydrogen-bond donors (Lipinski definition) is 0. The molecule has 0 radical (unpaired) electrons. The van der Waals surface area contributed by atoms with E-state index in [0.29, 0.717) is 17.1 Å². The fourth-order valence-corrected chi connectivity index (χ4v) is 2.98. The Labute approximate surface area is 169 Å². The molecule has 0 bridgehead atoms. The molecule has 3 rings (SSSR count). The average Bonchev–Trinajstić information content (AvgIpc) is 3.12. The van der Waals surface area contributed by atoms with Crippen LogP contribution in [0.4, 0.5) is 4.39 Å². The van der Waals surface area contributed by atoms with Crippen molar-refractivity contribution in [2.75, 3.05) is 7.11 Å². The van der Waals surface area contributed by atoms with Gasteiger partial charge in [0.05, 0.1) is 18.9 Å². The number of hydrogen-bond acceptors (Lipinski definition) is 4. The van der Waals surface area contributed by atoms with Gasteiger partial charge in [0.15, 0.2) is 5.78 Å². The van der Waals surface area contributed by atoms with Crippen molar-refractivity contribution in [3.05, 3.63) is 82.9 Å². The largest absolute Gasteiger partial charge is 0.496 e. The van der Waals surface area contributed by atoms with Crippen molar-refractivity contribution in [2.45, 2.75) is 27.0 Å². The lowest BCUT2D eigenvalue weighted by Crippen LogP contribution is -2.02. The van der Waals surface area contributed by atoms with E-state index in [0.717, 1.165) is 23.4 Å². The number of aryl methyl sites for hydroxylation is 1. The second-order valence-electron chi connectivity index (χ2n) is 6.47. The molecule has 0 saturated heterocycles. The molecule has 0 N–H and O–H groups in total. The first-order valence-corrected chi connectivity index (χ1v) is 9.32. The minimum absolute atomic E-state index is 0.0952. The normalized spacial score (nSPS) is 11.0. The molecule has 29 heavy (non-hydrogen) atoms. The highest BCUT2D eigenvalue weighted by atomic mass is 19.1. The van der Waals surface area contributed by atoms with Gasteiger partial charge in [-0.05, 0) is 61.9 Å². The van der Waals surface area contributed by atoms with E-state index in [4.69, 9.17) is 9.47 Å². The number of ether oxygens (including phenoxy) is 2. The molecule has 0 unspecified atom stereocenters. The van der Waals surface area contributed by atoms with E-state index in [1.54, 1.807) is 36.2 Å². The number of rotatable bonds is 8. The number of aromatic nitrogens is 2. The Bertz CT molecular complexity index is 1020. The van der Waals surface area contributed by atoms with E-state index in [2.05, 4.69) is 5.10 Å². The second kappa shape index (κ2) is 9.19. The van der Waals surface area contributed by atoms with Crippen LogP contribution >= 0.6 is 0 Å². The van der Waals surface area contributed by atoms with E-state index >= 15 is 0 Å². The van der Waals surface area contributed by atoms with Gasteiger partial charge < -0.3 is 9.47 Å². The minimum Gasteiger partial charge on any atom is -0.496 e. The molecule has 0 aliphatic carbocycles. The zero-order chi connectivity index (χ0) is 20.8. The molecule has 0 atom stereocenters. The lowest BCUT2D eigenvalue weighted by molar-refractivity contribution is 0.104. The maximum Gasteiger partial charge on any atom is 0.189 e. The van der Waals surface area contributed by atoms with Crippen LogP contribution in [0.1, 0.15) is 34.1 Å². The minimum atomic E-state index is -0.313. The van der Waals surface area contributed by atoms with Crippen LogP contribution in [0.15, 0.2) is 54.7 Å². The molecule has 0 fully saturated rings. The van der Waals surface area contributed by atoms with Crippen molar-refractivity contribution in [1.82, 2.24) is 9.78 Å². The molecule has 0 spiro atoms. The summed E-state index contributed by atoms with van der Waals surface area (Å²) in [6.07, 6.45) is 4.89. The van der Waals surface area contributed by atoms with Gasteiger partial charge in [-0.3, -0.25) is 9.48 Å². The summed E-state index contributed by atoms with van der Waals surface area (Å²) in [5.41, 5.74) is 3.11. The van der Waals surface area contributed by atoms with Crippen LogP contribution < -0.4 is 9.47 Å². The van der Waals surface area contributed by atoms with Gasteiger partial charge in [0.1, 0.15) is 23.9 Å². The molecule has 0 amide bonds. The summed E-state index contributed by atoms with van der Waals surface area (Å²) in [7, 11) is 1.59. The fourth-order valence-electron chi connectivity index (χ4n) is 2.98. The number of benzene rings is 2. The van der Waals surface area contributed by atoms with Crippen molar-refractivity contribution >= 4 is 11.9 Å². The number of allylic oxidation sites excluding steroid dienone is 1. The second-order valence-corrected chi connectivity index (χ2v) is 6.47. The number of methoxy groups -OCH3 is 1. The Kier molecular flexibility index (Phi) is 6.44. The van der Waals surface area contributed by atoms with Crippen LogP contribution in [0.25, 0.3) is 6.08 Å². The Hall–Kier alpha value is -3.41. The summed E-state index contributed by atoms with van der Waals surface area (Å²) in [6.45, 7) is 4.85. The van der Waals surface area contributed by atoms with Crippen LogP contribution in [0.3, 0.4) is 0 Å². The summed E-state index contributed by atoms with van der Waals surface area (Å²) in [6, 6.07) is 11.4. The van der Waals surface area contributed by atoms with Crippen molar-refractivity contribution in [1.29, 1.82) is 0 Å². The van der Waals surface area contributed by atoms with E-state index in [1.165, 1.54) is 18.2 Å². The zero-order valence-corrected chi connectivity index (χ0v) is 16.7. The van der Waals surface area contributed by atoms with Crippen molar-refractivity contribution in [3.63, 3.8) is 0 Å². The molecular weight excluding hydrogens is 371 g/mol. The van der Waals surface area contributed by atoms with Gasteiger partial charge in [-0.2, -0.15) is 5.10 Å². The van der Waals surface area contributed by atoms with E-state index in [1.807, 2.05) is 32.0 Å². The molecule has 6 heteroatoms. The third kappa shape index (κ3) is 4.90. The highest BCUT2D eigenvalue weighted by Gasteiger charge is 2.11. The van der Waals surface area contributed by atoms with Crippen LogP contribution in [-0.4, -0.2) is 22.7 Å². The molecular formula is C23H23FN2O3. The Balaban J connectivity index is 1.75. The average molecular weight is 394 g/mol. The van der Waals surface area contributed by atoms with Crippen molar-refractivity contribution in [2.24, 2.45) is 0 Å². The molecule has 1 heterocycles. The first-order chi connectivity index (χ1) is 14.0. The fraction of sp³-hybridized carbons (Fsp3) is 0.217. The highest BCUT2D eigenvalue weighted by molar-refractivity contribution is 6.07. The predicted molar refractivity (Wildman–Crippen MR) is 110 cm³/mol. The summed E-state index contributed by atoms with van der Waals surface area (Å²) in [4.78, 5) is 12.5. The Morgan fingerprint density at radius 3 is 2.62 bits per heavy atom. The predicted octanol–water partition coefficient (Wildman–Crippen LogP) is 4.83. The molecule has 0 aliphatic rings. The molecule has 1 aromatic heterocycles. The molecule has 0 saturated carbocycles. The quantitative estimate of drug-likeness (QED) is 0.405. The maximum absolute atomic E-state index is 13.0. The van der Waals surface area contributed by atoms with Gasteiger partial charge in [-0.15, -0.1) is 0 Å². The molecule has 0 aliphatic heterocycles. The smallest absolute Gasteiger partial charge is 0.189 e. The zero-order valence-electron chi connectivity index (χ0n) is 16.7. The summed E-state index contributed by atoms with van der Waals surface area (Å²) in [5.74, 6) is 0.831. The molecule has 150 valence electrons. The standard InChI is InChI=1S/C23H23FN2O3/c1-4-26-16(2)21(14-25-26)22(27)11-5-17-6-12-23(28-3)18(13-17)15-29-20-9-7-19(24)8-10-20/h5-14H,4,15H2,1-3H3/b11-5+. The van der Waals surface area contributed by atoms with Crippen LogP contribution in [0, 0.1) is 12.7 Å². The Morgan fingerprint density at radius 2 is 1.97 bits per heavy atom. The van der Waals surface area contributed by atoms with Crippen molar-refractivity contribution < 1.29 is 18.7 Å². The number of carbonyl (C=O) groups is 1. The third-order valence-electron chi connectivity index (χ3n) is 4.61. The topological polar surface area (TPSA) is 53.4 Å². The lowest BCUT2D eigenvalue weighted by atomic mass is 10.1. The van der Waals surface area contributed by atoms with Gasteiger partial charge >= 0.3 is 0 Å². The summed E-state index contributed by atoms with van der Waals surface area (Å²) < 4.78 is 25.9. The Morgan fingerprint density at radius 1 is 1.21 bits per heavy atom. The van der Waals surface area contributed by atoms with Crippen LogP contribution in [0.5, 0.6) is 11.5 Å². The van der Waals surface area contributed by atoms with Gasteiger partial charge in [0.25, 0.3) is 0 Å². The number of nitrogens with zero attached hydrogens (tertiary/aromatic N) is 2. The molecule has 5 nitrogen and oxygen atoms in total. The summed E-state index contributed by atoms with van der Waals surface area (Å²) >= 11 is 0. The lowest BCUT2D eigenvalue weighted by Gasteiger charge is -2.11.